The van der Waals surface area contributed by atoms with Gasteiger partial charge in [0.1, 0.15) is 11.6 Å². The number of piperazine rings is 1. The first-order chi connectivity index (χ1) is 13.1. The summed E-state index contributed by atoms with van der Waals surface area (Å²) in [6.45, 7) is 0.868. The molecule has 0 atom stereocenters. The third kappa shape index (κ3) is 5.61. The van der Waals surface area contributed by atoms with E-state index in [1.165, 1.54) is 23.7 Å². The Hall–Kier alpha value is -1.79. The molecule has 2 heterocycles. The molecule has 0 N–H and O–H groups in total. The van der Waals surface area contributed by atoms with Crippen LogP contribution in [-0.4, -0.2) is 60.2 Å². The maximum absolute atomic E-state index is 13.0. The standard InChI is InChI=1S/C16H18F4N4O2S2/c17-13-3-1-12(2-4-13)11-14-21-15(27-22-14)23-6-8-24(9-7-23)28(25,26)10-5-16(18,19)20/h1-4H,5-11H2. The number of anilines is 1. The van der Waals surface area contributed by atoms with Crippen LogP contribution in [0.1, 0.15) is 17.8 Å². The Morgan fingerprint density at radius 2 is 1.71 bits per heavy atom. The third-order valence-corrected chi connectivity index (χ3v) is 6.97. The molecule has 0 aliphatic carbocycles. The van der Waals surface area contributed by atoms with Crippen LogP contribution >= 0.6 is 11.5 Å². The highest BCUT2D eigenvalue weighted by atomic mass is 32.2. The van der Waals surface area contributed by atoms with Crippen molar-refractivity contribution in [1.29, 1.82) is 0 Å². The van der Waals surface area contributed by atoms with Crippen molar-refractivity contribution < 1.29 is 26.0 Å². The van der Waals surface area contributed by atoms with Crippen LogP contribution in [0.4, 0.5) is 22.7 Å². The number of halogens is 4. The molecule has 6 nitrogen and oxygen atoms in total. The van der Waals surface area contributed by atoms with Gasteiger partial charge in [-0.15, -0.1) is 0 Å². The second-order valence-electron chi connectivity index (χ2n) is 6.36. The SMILES string of the molecule is O=S(=O)(CCC(F)(F)F)N1CCN(c2nc(Cc3ccc(F)cc3)ns2)CC1. The highest BCUT2D eigenvalue weighted by Gasteiger charge is 2.34. The summed E-state index contributed by atoms with van der Waals surface area (Å²) in [5.41, 5.74) is 0.867. The van der Waals surface area contributed by atoms with E-state index in [-0.39, 0.29) is 18.9 Å². The lowest BCUT2D eigenvalue weighted by Gasteiger charge is -2.33. The summed E-state index contributed by atoms with van der Waals surface area (Å²) in [5.74, 6) is -0.678. The van der Waals surface area contributed by atoms with Crippen molar-refractivity contribution in [2.24, 2.45) is 0 Å². The fraction of sp³-hybridized carbons (Fsp3) is 0.500. The van der Waals surface area contributed by atoms with Gasteiger partial charge >= 0.3 is 6.18 Å². The average Bonchev–Trinajstić information content (AvgIpc) is 3.10. The molecule has 0 unspecified atom stereocenters. The number of alkyl halides is 3. The largest absolute Gasteiger partial charge is 0.390 e. The molecule has 0 spiro atoms. The Bertz CT molecular complexity index is 892. The van der Waals surface area contributed by atoms with Gasteiger partial charge in [-0.25, -0.2) is 17.8 Å². The molecule has 0 saturated carbocycles. The number of nitrogens with zero attached hydrogens (tertiary/aromatic N) is 4. The highest BCUT2D eigenvalue weighted by Crippen LogP contribution is 2.24. The van der Waals surface area contributed by atoms with Crippen LogP contribution in [0.3, 0.4) is 0 Å². The lowest BCUT2D eigenvalue weighted by atomic mass is 10.1. The second kappa shape index (κ2) is 8.29. The van der Waals surface area contributed by atoms with Crippen molar-refractivity contribution in [2.45, 2.75) is 19.0 Å². The van der Waals surface area contributed by atoms with Crippen molar-refractivity contribution in [3.8, 4) is 0 Å². The van der Waals surface area contributed by atoms with Crippen molar-refractivity contribution >= 4 is 26.7 Å². The molecule has 1 aliphatic rings. The molecule has 0 amide bonds. The summed E-state index contributed by atoms with van der Waals surface area (Å²) in [6.07, 6.45) is -5.40. The number of aromatic nitrogens is 2. The van der Waals surface area contributed by atoms with Crippen LogP contribution in [0.2, 0.25) is 0 Å². The summed E-state index contributed by atoms with van der Waals surface area (Å²) in [7, 11) is -3.94. The molecule has 1 fully saturated rings. The molecule has 12 heteroatoms. The number of hydrogen-bond donors (Lipinski definition) is 0. The normalized spacial score (nSPS) is 16.5. The Labute approximate surface area is 164 Å². The first kappa shape index (κ1) is 20.9. The van der Waals surface area contributed by atoms with E-state index in [1.807, 2.05) is 4.90 Å². The van der Waals surface area contributed by atoms with Crippen LogP contribution in [0, 0.1) is 5.82 Å². The third-order valence-electron chi connectivity index (χ3n) is 4.28. The molecule has 1 saturated heterocycles. The van der Waals surface area contributed by atoms with Crippen molar-refractivity contribution in [2.75, 3.05) is 36.8 Å². The van der Waals surface area contributed by atoms with Crippen molar-refractivity contribution in [1.82, 2.24) is 13.7 Å². The summed E-state index contributed by atoms with van der Waals surface area (Å²) < 4.78 is 79.3. The second-order valence-corrected chi connectivity index (χ2v) is 9.18. The van der Waals surface area contributed by atoms with Crippen LogP contribution in [0.15, 0.2) is 24.3 Å². The van der Waals surface area contributed by atoms with E-state index in [9.17, 15) is 26.0 Å². The van der Waals surface area contributed by atoms with Crippen molar-refractivity contribution in [3.05, 3.63) is 41.5 Å². The van der Waals surface area contributed by atoms with E-state index in [0.717, 1.165) is 9.87 Å². The molecule has 1 aromatic heterocycles. The fourth-order valence-corrected chi connectivity index (χ4v) is 4.97. The maximum atomic E-state index is 13.0. The van der Waals surface area contributed by atoms with Gasteiger partial charge in [0.05, 0.1) is 12.2 Å². The molecule has 1 aromatic carbocycles. The zero-order valence-corrected chi connectivity index (χ0v) is 16.3. The molecule has 28 heavy (non-hydrogen) atoms. The lowest BCUT2D eigenvalue weighted by molar-refractivity contribution is -0.130. The van der Waals surface area contributed by atoms with Gasteiger partial charge < -0.3 is 4.90 Å². The summed E-state index contributed by atoms with van der Waals surface area (Å²) in [6, 6.07) is 6.03. The molecule has 154 valence electrons. The van der Waals surface area contributed by atoms with E-state index in [4.69, 9.17) is 0 Å². The maximum Gasteiger partial charge on any atom is 0.390 e. The van der Waals surface area contributed by atoms with Gasteiger partial charge in [0.15, 0.2) is 0 Å². The van der Waals surface area contributed by atoms with Gasteiger partial charge in [-0.05, 0) is 17.7 Å². The Kier molecular flexibility index (Phi) is 6.20. The van der Waals surface area contributed by atoms with E-state index in [0.29, 0.717) is 30.5 Å². The zero-order chi connectivity index (χ0) is 20.4. The van der Waals surface area contributed by atoms with Gasteiger partial charge in [-0.1, -0.05) is 12.1 Å². The van der Waals surface area contributed by atoms with E-state index in [2.05, 4.69) is 9.36 Å². The minimum absolute atomic E-state index is 0.104. The fourth-order valence-electron chi connectivity index (χ4n) is 2.76. The monoisotopic (exact) mass is 438 g/mol. The van der Waals surface area contributed by atoms with E-state index >= 15 is 0 Å². The van der Waals surface area contributed by atoms with Crippen LogP contribution in [-0.2, 0) is 16.4 Å². The number of rotatable bonds is 6. The van der Waals surface area contributed by atoms with Crippen LogP contribution < -0.4 is 4.90 Å². The first-order valence-corrected chi connectivity index (χ1v) is 10.9. The van der Waals surface area contributed by atoms with E-state index in [1.54, 1.807) is 12.1 Å². The highest BCUT2D eigenvalue weighted by molar-refractivity contribution is 7.89. The number of benzene rings is 1. The number of sulfonamides is 1. The van der Waals surface area contributed by atoms with Gasteiger partial charge in [0.25, 0.3) is 0 Å². The zero-order valence-electron chi connectivity index (χ0n) is 14.7. The van der Waals surface area contributed by atoms with Crippen LogP contribution in [0.5, 0.6) is 0 Å². The quantitative estimate of drug-likeness (QED) is 0.649. The smallest absolute Gasteiger partial charge is 0.344 e. The molecule has 3 rings (SSSR count). The van der Waals surface area contributed by atoms with Gasteiger partial charge in [0.2, 0.25) is 15.2 Å². The molecular weight excluding hydrogens is 420 g/mol. The number of hydrogen-bond acceptors (Lipinski definition) is 6. The Morgan fingerprint density at radius 3 is 2.32 bits per heavy atom. The minimum Gasteiger partial charge on any atom is -0.344 e. The topological polar surface area (TPSA) is 66.4 Å². The van der Waals surface area contributed by atoms with Crippen molar-refractivity contribution in [3.63, 3.8) is 0 Å². The lowest BCUT2D eigenvalue weighted by Crippen LogP contribution is -2.49. The first-order valence-electron chi connectivity index (χ1n) is 8.49. The van der Waals surface area contributed by atoms with E-state index < -0.39 is 28.4 Å². The summed E-state index contributed by atoms with van der Waals surface area (Å²) in [4.78, 5) is 6.29. The molecule has 0 bridgehead atoms. The molecule has 2 aromatic rings. The minimum atomic E-state index is -4.50. The predicted molar refractivity (Wildman–Crippen MR) is 97.4 cm³/mol. The van der Waals surface area contributed by atoms with Crippen LogP contribution in [0.25, 0.3) is 0 Å². The average molecular weight is 438 g/mol. The van der Waals surface area contributed by atoms with Gasteiger partial charge in [0, 0.05) is 44.1 Å². The molecule has 1 aliphatic heterocycles. The molecular formula is C16H18F4N4O2S2. The predicted octanol–water partition coefficient (Wildman–Crippen LogP) is 2.67. The summed E-state index contributed by atoms with van der Waals surface area (Å²) in [5, 5.41) is 0.629. The molecule has 0 radical (unpaired) electrons. The van der Waals surface area contributed by atoms with Gasteiger partial charge in [-0.3, -0.25) is 0 Å². The van der Waals surface area contributed by atoms with Gasteiger partial charge in [-0.2, -0.15) is 21.9 Å². The summed E-state index contributed by atoms with van der Waals surface area (Å²) >= 11 is 1.17. The Balaban J connectivity index is 1.55. The Morgan fingerprint density at radius 1 is 1.07 bits per heavy atom.